The predicted octanol–water partition coefficient (Wildman–Crippen LogP) is 1.88. The second-order valence-electron chi connectivity index (χ2n) is 7.00. The molecule has 1 aliphatic heterocycles. The van der Waals surface area contributed by atoms with Gasteiger partial charge in [0.1, 0.15) is 0 Å². The Bertz CT molecular complexity index is 425. The first-order valence-corrected chi connectivity index (χ1v) is 8.00. The summed E-state index contributed by atoms with van der Waals surface area (Å²) in [6.07, 6.45) is 3.20. The van der Waals surface area contributed by atoms with Crippen LogP contribution in [0.15, 0.2) is 18.3 Å². The number of β-amino-alcohol motifs (C(OH)–C–C–N with tert-alkyl or cyclic N) is 1. The molecule has 4 heteroatoms. The van der Waals surface area contributed by atoms with E-state index < -0.39 is 0 Å². The van der Waals surface area contributed by atoms with Gasteiger partial charge in [0.15, 0.2) is 0 Å². The normalized spacial score (nSPS) is 18.7. The number of rotatable bonds is 4. The first-order valence-electron chi connectivity index (χ1n) is 8.00. The van der Waals surface area contributed by atoms with E-state index in [1.165, 1.54) is 12.0 Å². The number of nitrogens with zero attached hydrogens (tertiary/aromatic N) is 3. The minimum Gasteiger partial charge on any atom is -0.395 e. The summed E-state index contributed by atoms with van der Waals surface area (Å²) in [5.41, 5.74) is 2.56. The molecular formula is C17H29N3O. The molecule has 0 aromatic carbocycles. The molecule has 1 aromatic rings. The van der Waals surface area contributed by atoms with Gasteiger partial charge in [0.2, 0.25) is 0 Å². The summed E-state index contributed by atoms with van der Waals surface area (Å²) >= 11 is 0. The van der Waals surface area contributed by atoms with Gasteiger partial charge in [0.05, 0.1) is 6.61 Å². The van der Waals surface area contributed by atoms with E-state index in [1.807, 2.05) is 6.20 Å². The van der Waals surface area contributed by atoms with E-state index in [0.717, 1.165) is 45.0 Å². The third kappa shape index (κ3) is 5.06. The van der Waals surface area contributed by atoms with Gasteiger partial charge in [-0.1, -0.05) is 26.8 Å². The molecule has 4 nitrogen and oxygen atoms in total. The topological polar surface area (TPSA) is 39.6 Å². The minimum atomic E-state index is 0.117. The Morgan fingerprint density at radius 1 is 1.10 bits per heavy atom. The van der Waals surface area contributed by atoms with Gasteiger partial charge in [-0.3, -0.25) is 14.8 Å². The zero-order valence-corrected chi connectivity index (χ0v) is 13.7. The van der Waals surface area contributed by atoms with Gasteiger partial charge < -0.3 is 5.11 Å². The maximum absolute atomic E-state index is 9.04. The summed E-state index contributed by atoms with van der Waals surface area (Å²) in [4.78, 5) is 9.45. The van der Waals surface area contributed by atoms with Crippen molar-refractivity contribution in [3.8, 4) is 0 Å². The summed E-state index contributed by atoms with van der Waals surface area (Å²) in [7, 11) is 0. The van der Waals surface area contributed by atoms with E-state index in [-0.39, 0.29) is 12.0 Å². The highest BCUT2D eigenvalue weighted by molar-refractivity contribution is 5.19. The van der Waals surface area contributed by atoms with E-state index in [2.05, 4.69) is 47.7 Å². The summed E-state index contributed by atoms with van der Waals surface area (Å²) in [5, 5.41) is 9.04. The summed E-state index contributed by atoms with van der Waals surface area (Å²) < 4.78 is 0. The van der Waals surface area contributed by atoms with Gasteiger partial charge in [-0.05, 0) is 31.1 Å². The average molecular weight is 291 g/mol. The number of hydrogen-bond acceptors (Lipinski definition) is 4. The molecule has 0 unspecified atom stereocenters. The molecule has 1 aromatic heterocycles. The molecule has 1 aliphatic rings. The lowest BCUT2D eigenvalue weighted by atomic mass is 9.91. The molecule has 0 atom stereocenters. The second kappa shape index (κ2) is 7.34. The standard InChI is InChI=1S/C17H29N3O/c1-17(2,3)16-6-5-15(13-18-16)14-20-8-4-7-19(9-10-20)11-12-21/h5-6,13,21H,4,7-12,14H2,1-3H3. The molecule has 1 N–H and O–H groups in total. The molecular weight excluding hydrogens is 262 g/mol. The summed E-state index contributed by atoms with van der Waals surface area (Å²) in [6, 6.07) is 4.37. The minimum absolute atomic E-state index is 0.117. The van der Waals surface area contributed by atoms with Crippen LogP contribution in [0.1, 0.15) is 38.4 Å². The molecule has 0 amide bonds. The van der Waals surface area contributed by atoms with Crippen LogP contribution in [0.25, 0.3) is 0 Å². The van der Waals surface area contributed by atoms with Crippen molar-refractivity contribution in [3.05, 3.63) is 29.6 Å². The van der Waals surface area contributed by atoms with Crippen molar-refractivity contribution in [2.24, 2.45) is 0 Å². The van der Waals surface area contributed by atoms with Gasteiger partial charge in [0.25, 0.3) is 0 Å². The zero-order chi connectivity index (χ0) is 15.3. The van der Waals surface area contributed by atoms with Crippen molar-refractivity contribution >= 4 is 0 Å². The number of pyridine rings is 1. The smallest absolute Gasteiger partial charge is 0.0558 e. The summed E-state index contributed by atoms with van der Waals surface area (Å²) in [5.74, 6) is 0. The van der Waals surface area contributed by atoms with Crippen LogP contribution < -0.4 is 0 Å². The van der Waals surface area contributed by atoms with Gasteiger partial charge in [-0.2, -0.15) is 0 Å². The third-order valence-electron chi connectivity index (χ3n) is 4.10. The van der Waals surface area contributed by atoms with Crippen LogP contribution in [0.5, 0.6) is 0 Å². The van der Waals surface area contributed by atoms with Gasteiger partial charge >= 0.3 is 0 Å². The Morgan fingerprint density at radius 2 is 1.81 bits per heavy atom. The fourth-order valence-corrected chi connectivity index (χ4v) is 2.77. The third-order valence-corrected chi connectivity index (χ3v) is 4.10. The van der Waals surface area contributed by atoms with E-state index >= 15 is 0 Å². The van der Waals surface area contributed by atoms with E-state index in [1.54, 1.807) is 0 Å². The second-order valence-corrected chi connectivity index (χ2v) is 7.00. The van der Waals surface area contributed by atoms with Crippen LogP contribution in [0.3, 0.4) is 0 Å². The maximum atomic E-state index is 9.04. The SMILES string of the molecule is CC(C)(C)c1ccc(CN2CCCN(CCO)CC2)cn1. The first kappa shape index (κ1) is 16.4. The summed E-state index contributed by atoms with van der Waals surface area (Å²) in [6.45, 7) is 13.0. The number of hydrogen-bond donors (Lipinski definition) is 1. The quantitative estimate of drug-likeness (QED) is 0.919. The van der Waals surface area contributed by atoms with Crippen LogP contribution in [-0.4, -0.2) is 59.2 Å². The average Bonchev–Trinajstić information content (AvgIpc) is 2.65. The van der Waals surface area contributed by atoms with E-state index in [0.29, 0.717) is 0 Å². The molecule has 0 aliphatic carbocycles. The number of aromatic nitrogens is 1. The number of aliphatic hydroxyl groups excluding tert-OH is 1. The van der Waals surface area contributed by atoms with Crippen molar-refractivity contribution in [1.29, 1.82) is 0 Å². The van der Waals surface area contributed by atoms with Gasteiger partial charge in [-0.15, -0.1) is 0 Å². The largest absolute Gasteiger partial charge is 0.395 e. The van der Waals surface area contributed by atoms with E-state index in [4.69, 9.17) is 5.11 Å². The molecule has 118 valence electrons. The highest BCUT2D eigenvalue weighted by Crippen LogP contribution is 2.20. The van der Waals surface area contributed by atoms with Crippen LogP contribution >= 0.6 is 0 Å². The van der Waals surface area contributed by atoms with Gasteiger partial charge in [0, 0.05) is 43.5 Å². The maximum Gasteiger partial charge on any atom is 0.0558 e. The van der Waals surface area contributed by atoms with Crippen molar-refractivity contribution < 1.29 is 5.11 Å². The van der Waals surface area contributed by atoms with Crippen molar-refractivity contribution in [1.82, 2.24) is 14.8 Å². The van der Waals surface area contributed by atoms with Gasteiger partial charge in [-0.25, -0.2) is 0 Å². The van der Waals surface area contributed by atoms with Crippen LogP contribution in [0.2, 0.25) is 0 Å². The molecule has 1 fully saturated rings. The highest BCUT2D eigenvalue weighted by Gasteiger charge is 2.17. The fourth-order valence-electron chi connectivity index (χ4n) is 2.77. The van der Waals surface area contributed by atoms with Crippen molar-refractivity contribution in [2.45, 2.75) is 39.2 Å². The Morgan fingerprint density at radius 3 is 2.43 bits per heavy atom. The van der Waals surface area contributed by atoms with Crippen LogP contribution in [0, 0.1) is 0 Å². The number of aliphatic hydroxyl groups is 1. The molecule has 2 heterocycles. The molecule has 21 heavy (non-hydrogen) atoms. The van der Waals surface area contributed by atoms with E-state index in [9.17, 15) is 0 Å². The lowest BCUT2D eigenvalue weighted by molar-refractivity contribution is 0.196. The van der Waals surface area contributed by atoms with Crippen molar-refractivity contribution in [3.63, 3.8) is 0 Å². The molecule has 1 saturated heterocycles. The first-order chi connectivity index (χ1) is 9.99. The lowest BCUT2D eigenvalue weighted by Gasteiger charge is -2.22. The Kier molecular flexibility index (Phi) is 5.73. The predicted molar refractivity (Wildman–Crippen MR) is 86.4 cm³/mol. The zero-order valence-electron chi connectivity index (χ0n) is 13.7. The Balaban J connectivity index is 1.89. The molecule has 2 rings (SSSR count). The monoisotopic (exact) mass is 291 g/mol. The fraction of sp³-hybridized carbons (Fsp3) is 0.706. The molecule has 0 bridgehead atoms. The van der Waals surface area contributed by atoms with Crippen molar-refractivity contribution in [2.75, 3.05) is 39.3 Å². The lowest BCUT2D eigenvalue weighted by Crippen LogP contribution is -2.32. The molecule has 0 spiro atoms. The molecule has 0 saturated carbocycles. The highest BCUT2D eigenvalue weighted by atomic mass is 16.3. The van der Waals surface area contributed by atoms with Crippen LogP contribution in [0.4, 0.5) is 0 Å². The Hall–Kier alpha value is -0.970. The molecule has 0 radical (unpaired) electrons. The van der Waals surface area contributed by atoms with Crippen LogP contribution in [-0.2, 0) is 12.0 Å². The Labute approximate surface area is 128 Å².